The molecule has 0 fully saturated rings. The van der Waals surface area contributed by atoms with Gasteiger partial charge >= 0.3 is 0 Å². The van der Waals surface area contributed by atoms with E-state index in [4.69, 9.17) is 4.42 Å². The van der Waals surface area contributed by atoms with Gasteiger partial charge in [-0.05, 0) is 68.1 Å². The van der Waals surface area contributed by atoms with Crippen LogP contribution in [0.25, 0.3) is 22.9 Å². The van der Waals surface area contributed by atoms with E-state index in [1.807, 2.05) is 0 Å². The van der Waals surface area contributed by atoms with E-state index < -0.39 is 8.07 Å². The molecule has 0 unspecified atom stereocenters. The lowest BCUT2D eigenvalue weighted by molar-refractivity contribution is 0.582. The molecule has 5 heteroatoms. The average Bonchev–Trinajstić information content (AvgIpc) is 3.49. The Bertz CT molecular complexity index is 1740. The number of nitrogens with zero attached hydrogens (tertiary/aromatic N) is 2. The van der Waals surface area contributed by atoms with E-state index in [-0.39, 0.29) is 5.41 Å². The van der Waals surface area contributed by atoms with Gasteiger partial charge in [-0.2, -0.15) is 0 Å². The molecule has 202 valence electrons. The Morgan fingerprint density at radius 2 is 1.05 bits per heavy atom. The topological polar surface area (TPSA) is 38.9 Å². The van der Waals surface area contributed by atoms with Gasteiger partial charge in [0.25, 0.3) is 0 Å². The van der Waals surface area contributed by atoms with Crippen LogP contribution < -0.4 is 20.7 Å². The molecule has 1 heterocycles. The summed E-state index contributed by atoms with van der Waals surface area (Å²) < 4.78 is 7.33. The highest BCUT2D eigenvalue weighted by Crippen LogP contribution is 2.28. The summed E-state index contributed by atoms with van der Waals surface area (Å²) in [6, 6.07) is 47.6. The van der Waals surface area contributed by atoms with Gasteiger partial charge in [0, 0.05) is 15.6 Å². The zero-order chi connectivity index (χ0) is 28.5. The zero-order valence-electron chi connectivity index (χ0n) is 23.4. The van der Waals surface area contributed by atoms with Gasteiger partial charge in [0.15, 0.2) is 8.07 Å². The fraction of sp³-hybridized carbons (Fsp3) is 0.111. The number of halogens is 1. The molecule has 41 heavy (non-hydrogen) atoms. The predicted octanol–water partition coefficient (Wildman–Crippen LogP) is 6.84. The van der Waals surface area contributed by atoms with Crippen molar-refractivity contribution in [3.8, 4) is 22.9 Å². The van der Waals surface area contributed by atoms with Crippen molar-refractivity contribution in [3.63, 3.8) is 0 Å². The molecule has 0 aliphatic rings. The summed E-state index contributed by atoms with van der Waals surface area (Å²) in [5.74, 6) is 1.03. The first-order chi connectivity index (χ1) is 19.9. The average molecular weight is 616 g/mol. The minimum Gasteiger partial charge on any atom is -0.416 e. The van der Waals surface area contributed by atoms with Crippen molar-refractivity contribution < 1.29 is 4.42 Å². The minimum absolute atomic E-state index is 0.0845. The van der Waals surface area contributed by atoms with Crippen LogP contribution in [-0.4, -0.2) is 18.3 Å². The molecule has 0 amide bonds. The summed E-state index contributed by atoms with van der Waals surface area (Å²) in [7, 11) is -2.70. The maximum Gasteiger partial charge on any atom is 0.248 e. The highest BCUT2D eigenvalue weighted by Gasteiger charge is 2.41. The molecule has 6 aromatic rings. The highest BCUT2D eigenvalue weighted by atomic mass is 79.9. The van der Waals surface area contributed by atoms with E-state index in [9.17, 15) is 0 Å². The molecule has 1 aromatic heterocycles. The lowest BCUT2D eigenvalue weighted by Crippen LogP contribution is -2.74. The van der Waals surface area contributed by atoms with Gasteiger partial charge < -0.3 is 4.42 Å². The summed E-state index contributed by atoms with van der Waals surface area (Å²) in [5, 5.41) is 14.1. The van der Waals surface area contributed by atoms with E-state index in [1.54, 1.807) is 0 Å². The van der Waals surface area contributed by atoms with Crippen molar-refractivity contribution in [2.75, 3.05) is 0 Å². The van der Waals surface area contributed by atoms with Crippen LogP contribution in [-0.2, 0) is 5.41 Å². The van der Waals surface area contributed by atoms with Gasteiger partial charge in [0.2, 0.25) is 11.8 Å². The van der Waals surface area contributed by atoms with E-state index >= 15 is 0 Å². The summed E-state index contributed by atoms with van der Waals surface area (Å²) >= 11 is 3.75. The van der Waals surface area contributed by atoms with Crippen LogP contribution >= 0.6 is 15.9 Å². The largest absolute Gasteiger partial charge is 0.416 e. The first kappa shape index (κ1) is 27.1. The van der Waals surface area contributed by atoms with E-state index in [0.29, 0.717) is 11.8 Å². The summed E-state index contributed by atoms with van der Waals surface area (Å²) in [4.78, 5) is 0. The lowest BCUT2D eigenvalue weighted by Gasteiger charge is -2.34. The maximum atomic E-state index is 6.27. The third-order valence-electron chi connectivity index (χ3n) is 7.64. The standard InChI is InChI=1S/C36H31BrN2OSi/c1-36(2,3)28-22-20-26(21-23-28)34-38-39-35(40-34)27-12-10-18-32(24-27)41(30-14-6-4-7-15-30,31-16-8-5-9-17-31)33-19-11-13-29(37)25-33/h4-25H,1-3H3. The molecule has 0 atom stereocenters. The number of rotatable bonds is 6. The van der Waals surface area contributed by atoms with Gasteiger partial charge in [-0.15, -0.1) is 10.2 Å². The van der Waals surface area contributed by atoms with Crippen LogP contribution in [0.4, 0.5) is 0 Å². The molecule has 0 bridgehead atoms. The Hall–Kier alpha value is -4.06. The first-order valence-corrected chi connectivity index (χ1v) is 16.6. The summed E-state index contributed by atoms with van der Waals surface area (Å²) in [5.41, 5.74) is 3.18. The molecular formula is C36H31BrN2OSi. The summed E-state index contributed by atoms with van der Waals surface area (Å²) in [6.45, 7) is 6.63. The van der Waals surface area contributed by atoms with Crippen molar-refractivity contribution in [1.29, 1.82) is 0 Å². The van der Waals surface area contributed by atoms with Crippen molar-refractivity contribution in [3.05, 3.63) is 143 Å². The molecule has 0 radical (unpaired) electrons. The number of hydrogen-bond donors (Lipinski definition) is 0. The second-order valence-electron chi connectivity index (χ2n) is 11.3. The maximum absolute atomic E-state index is 6.27. The fourth-order valence-electron chi connectivity index (χ4n) is 5.55. The SMILES string of the molecule is CC(C)(C)c1ccc(-c2nnc(-c3cccc([Si](c4ccccc4)(c4ccccc4)c4cccc(Br)c4)c3)o2)cc1. The van der Waals surface area contributed by atoms with Crippen LogP contribution in [0.5, 0.6) is 0 Å². The molecule has 0 spiro atoms. The lowest BCUT2D eigenvalue weighted by atomic mass is 9.87. The summed E-state index contributed by atoms with van der Waals surface area (Å²) in [6.07, 6.45) is 0. The Balaban J connectivity index is 1.51. The first-order valence-electron chi connectivity index (χ1n) is 13.8. The minimum atomic E-state index is -2.70. The van der Waals surface area contributed by atoms with Crippen molar-refractivity contribution in [2.24, 2.45) is 0 Å². The Kier molecular flexibility index (Phi) is 7.33. The zero-order valence-corrected chi connectivity index (χ0v) is 26.0. The Morgan fingerprint density at radius 1 is 0.537 bits per heavy atom. The molecule has 6 rings (SSSR count). The Labute approximate surface area is 251 Å². The predicted molar refractivity (Wildman–Crippen MR) is 175 cm³/mol. The van der Waals surface area contributed by atoms with Crippen molar-refractivity contribution in [2.45, 2.75) is 26.2 Å². The van der Waals surface area contributed by atoms with Crippen molar-refractivity contribution >= 4 is 44.8 Å². The molecule has 5 aromatic carbocycles. The molecule has 0 N–H and O–H groups in total. The van der Waals surface area contributed by atoms with Gasteiger partial charge in [-0.25, -0.2) is 0 Å². The third-order valence-corrected chi connectivity index (χ3v) is 12.9. The molecular weight excluding hydrogens is 584 g/mol. The van der Waals surface area contributed by atoms with Crippen LogP contribution in [0.3, 0.4) is 0 Å². The number of hydrogen-bond acceptors (Lipinski definition) is 3. The van der Waals surface area contributed by atoms with Crippen LogP contribution in [0.2, 0.25) is 0 Å². The second kappa shape index (κ2) is 11.1. The fourth-order valence-corrected chi connectivity index (χ4v) is 11.0. The molecule has 0 aliphatic heterocycles. The smallest absolute Gasteiger partial charge is 0.248 e. The highest BCUT2D eigenvalue weighted by molar-refractivity contribution is 9.10. The van der Waals surface area contributed by atoms with Crippen LogP contribution in [0, 0.1) is 0 Å². The van der Waals surface area contributed by atoms with Gasteiger partial charge in [-0.1, -0.05) is 134 Å². The molecule has 0 saturated heterocycles. The van der Waals surface area contributed by atoms with Gasteiger partial charge in [0.05, 0.1) is 0 Å². The number of aromatic nitrogens is 2. The van der Waals surface area contributed by atoms with E-state index in [0.717, 1.165) is 15.6 Å². The van der Waals surface area contributed by atoms with Crippen LogP contribution in [0.15, 0.2) is 142 Å². The van der Waals surface area contributed by atoms with Gasteiger partial charge in [0.1, 0.15) is 0 Å². The van der Waals surface area contributed by atoms with Crippen molar-refractivity contribution in [1.82, 2.24) is 10.2 Å². The van der Waals surface area contributed by atoms with E-state index in [1.165, 1.54) is 26.3 Å². The molecule has 0 aliphatic carbocycles. The normalized spacial score (nSPS) is 11.9. The molecule has 3 nitrogen and oxygen atoms in total. The third kappa shape index (κ3) is 5.23. The molecule has 0 saturated carbocycles. The quantitative estimate of drug-likeness (QED) is 0.152. The van der Waals surface area contributed by atoms with Gasteiger partial charge in [-0.3, -0.25) is 0 Å². The second-order valence-corrected chi connectivity index (χ2v) is 16.0. The Morgan fingerprint density at radius 3 is 1.61 bits per heavy atom. The van der Waals surface area contributed by atoms with E-state index in [2.05, 4.69) is 180 Å². The number of benzene rings is 5. The van der Waals surface area contributed by atoms with Crippen LogP contribution in [0.1, 0.15) is 26.3 Å². The monoisotopic (exact) mass is 614 g/mol.